The predicted octanol–water partition coefficient (Wildman–Crippen LogP) is 5.46. The molecule has 1 heterocycles. The van der Waals surface area contributed by atoms with Crippen LogP contribution in [0.2, 0.25) is 0 Å². The Labute approximate surface area is 119 Å². The highest BCUT2D eigenvalue weighted by Crippen LogP contribution is 2.34. The van der Waals surface area contributed by atoms with Crippen molar-refractivity contribution in [3.8, 4) is 6.07 Å². The van der Waals surface area contributed by atoms with Crippen molar-refractivity contribution in [3.05, 3.63) is 34.2 Å². The van der Waals surface area contributed by atoms with Gasteiger partial charge in [0.05, 0.1) is 11.6 Å². The smallest absolute Gasteiger partial charge is 0.0991 e. The summed E-state index contributed by atoms with van der Waals surface area (Å²) in [6, 6.07) is 8.39. The second-order valence-electron chi connectivity index (χ2n) is 5.03. The van der Waals surface area contributed by atoms with Crippen LogP contribution < -0.4 is 0 Å². The molecule has 0 aliphatic heterocycles. The third kappa shape index (κ3) is 3.16. The topological polar surface area (TPSA) is 23.8 Å². The van der Waals surface area contributed by atoms with Crippen molar-refractivity contribution in [2.45, 2.75) is 52.4 Å². The molecule has 1 nitrogen and oxygen atoms in total. The monoisotopic (exact) mass is 271 g/mol. The Morgan fingerprint density at radius 2 is 1.84 bits per heavy atom. The molecule has 0 fully saturated rings. The summed E-state index contributed by atoms with van der Waals surface area (Å²) in [5.74, 6) is 0. The third-order valence-electron chi connectivity index (χ3n) is 3.54. The zero-order valence-corrected chi connectivity index (χ0v) is 12.6. The normalized spacial score (nSPS) is 10.8. The van der Waals surface area contributed by atoms with Crippen LogP contribution in [-0.2, 0) is 12.8 Å². The Hall–Kier alpha value is -1.33. The lowest BCUT2D eigenvalue weighted by atomic mass is 10.0. The summed E-state index contributed by atoms with van der Waals surface area (Å²) in [5, 5.41) is 10.4. The summed E-state index contributed by atoms with van der Waals surface area (Å²) < 4.78 is 1.34. The first-order valence-electron chi connectivity index (χ1n) is 7.24. The first-order chi connectivity index (χ1) is 9.30. The van der Waals surface area contributed by atoms with E-state index in [0.29, 0.717) is 0 Å². The van der Waals surface area contributed by atoms with E-state index >= 15 is 0 Å². The number of rotatable bonds is 6. The molecule has 0 radical (unpaired) electrons. The summed E-state index contributed by atoms with van der Waals surface area (Å²) in [6.07, 6.45) is 7.31. The van der Waals surface area contributed by atoms with Gasteiger partial charge >= 0.3 is 0 Å². The highest BCUT2D eigenvalue weighted by Gasteiger charge is 2.12. The average Bonchev–Trinajstić information content (AvgIpc) is 2.79. The molecule has 2 rings (SSSR count). The first-order valence-corrected chi connectivity index (χ1v) is 8.06. The third-order valence-corrected chi connectivity index (χ3v) is 4.81. The first kappa shape index (κ1) is 14.1. The van der Waals surface area contributed by atoms with E-state index in [-0.39, 0.29) is 0 Å². The standard InChI is InChI=1S/C17H21NS/c1-3-5-7-14-15-11-13(12-18)9-10-17(15)19-16(14)8-6-4-2/h9-11H,3-8H2,1-2H3. The van der Waals surface area contributed by atoms with Crippen LogP contribution >= 0.6 is 11.3 Å². The molecule has 0 unspecified atom stereocenters. The summed E-state index contributed by atoms with van der Waals surface area (Å²) in [7, 11) is 0. The van der Waals surface area contributed by atoms with Crippen molar-refractivity contribution in [3.63, 3.8) is 0 Å². The molecule has 100 valence electrons. The Kier molecular flexibility index (Phi) is 4.99. The van der Waals surface area contributed by atoms with Crippen molar-refractivity contribution in [1.82, 2.24) is 0 Å². The lowest BCUT2D eigenvalue weighted by molar-refractivity contribution is 0.770. The van der Waals surface area contributed by atoms with E-state index in [9.17, 15) is 0 Å². The highest BCUT2D eigenvalue weighted by molar-refractivity contribution is 7.19. The van der Waals surface area contributed by atoms with Crippen LogP contribution in [0.4, 0.5) is 0 Å². The molecule has 19 heavy (non-hydrogen) atoms. The van der Waals surface area contributed by atoms with E-state index in [4.69, 9.17) is 5.26 Å². The number of nitriles is 1. The highest BCUT2D eigenvalue weighted by atomic mass is 32.1. The van der Waals surface area contributed by atoms with E-state index in [1.165, 1.54) is 47.8 Å². The Balaban J connectivity index is 2.44. The fourth-order valence-corrected chi connectivity index (χ4v) is 3.71. The largest absolute Gasteiger partial charge is 0.192 e. The fourth-order valence-electron chi connectivity index (χ4n) is 2.44. The van der Waals surface area contributed by atoms with Crippen molar-refractivity contribution in [1.29, 1.82) is 5.26 Å². The van der Waals surface area contributed by atoms with Crippen LogP contribution in [0, 0.1) is 11.3 Å². The molecular formula is C17H21NS. The maximum Gasteiger partial charge on any atom is 0.0991 e. The van der Waals surface area contributed by atoms with Gasteiger partial charge in [0.25, 0.3) is 0 Å². The molecule has 0 saturated carbocycles. The van der Waals surface area contributed by atoms with Gasteiger partial charge in [-0.3, -0.25) is 0 Å². The van der Waals surface area contributed by atoms with Gasteiger partial charge in [-0.15, -0.1) is 11.3 Å². The van der Waals surface area contributed by atoms with Crippen LogP contribution in [0.3, 0.4) is 0 Å². The number of nitrogens with zero attached hydrogens (tertiary/aromatic N) is 1. The minimum absolute atomic E-state index is 0.782. The van der Waals surface area contributed by atoms with Gasteiger partial charge < -0.3 is 0 Å². The number of hydrogen-bond acceptors (Lipinski definition) is 2. The minimum Gasteiger partial charge on any atom is -0.192 e. The Morgan fingerprint density at radius 1 is 1.11 bits per heavy atom. The van der Waals surface area contributed by atoms with Gasteiger partial charge in [0, 0.05) is 9.58 Å². The molecular weight excluding hydrogens is 250 g/mol. The molecule has 0 saturated heterocycles. The lowest BCUT2D eigenvalue weighted by Gasteiger charge is -2.03. The molecule has 0 amide bonds. The maximum atomic E-state index is 9.07. The van der Waals surface area contributed by atoms with E-state index in [1.54, 1.807) is 4.88 Å². The van der Waals surface area contributed by atoms with E-state index in [1.807, 2.05) is 17.4 Å². The molecule has 0 bridgehead atoms. The lowest BCUT2D eigenvalue weighted by Crippen LogP contribution is -1.90. The number of hydrogen-bond donors (Lipinski definition) is 0. The number of aryl methyl sites for hydroxylation is 2. The number of benzene rings is 1. The summed E-state index contributed by atoms with van der Waals surface area (Å²) in [6.45, 7) is 4.48. The van der Waals surface area contributed by atoms with E-state index < -0.39 is 0 Å². The second kappa shape index (κ2) is 6.73. The molecule has 1 aromatic carbocycles. The summed E-state index contributed by atoms with van der Waals surface area (Å²) in [5.41, 5.74) is 2.29. The molecule has 0 aliphatic rings. The molecule has 1 aromatic heterocycles. The van der Waals surface area contributed by atoms with Gasteiger partial charge in [-0.2, -0.15) is 5.26 Å². The van der Waals surface area contributed by atoms with Crippen molar-refractivity contribution in [2.24, 2.45) is 0 Å². The summed E-state index contributed by atoms with van der Waals surface area (Å²) >= 11 is 1.92. The van der Waals surface area contributed by atoms with Gasteiger partial charge in [0.15, 0.2) is 0 Å². The van der Waals surface area contributed by atoms with Gasteiger partial charge in [0.2, 0.25) is 0 Å². The van der Waals surface area contributed by atoms with Crippen LogP contribution in [0.25, 0.3) is 10.1 Å². The zero-order chi connectivity index (χ0) is 13.7. The van der Waals surface area contributed by atoms with E-state index in [2.05, 4.69) is 32.0 Å². The van der Waals surface area contributed by atoms with Crippen molar-refractivity contribution < 1.29 is 0 Å². The Bertz CT molecular complexity index is 589. The summed E-state index contributed by atoms with van der Waals surface area (Å²) in [4.78, 5) is 1.54. The number of fused-ring (bicyclic) bond motifs is 1. The Morgan fingerprint density at radius 3 is 2.53 bits per heavy atom. The van der Waals surface area contributed by atoms with Gasteiger partial charge in [-0.1, -0.05) is 26.7 Å². The quantitative estimate of drug-likeness (QED) is 0.684. The fraction of sp³-hybridized carbons (Fsp3) is 0.471. The average molecular weight is 271 g/mol. The molecule has 0 atom stereocenters. The molecule has 0 aliphatic carbocycles. The molecule has 0 N–H and O–H groups in total. The van der Waals surface area contributed by atoms with Crippen molar-refractivity contribution in [2.75, 3.05) is 0 Å². The molecule has 2 heteroatoms. The van der Waals surface area contributed by atoms with E-state index in [0.717, 1.165) is 12.0 Å². The van der Waals surface area contributed by atoms with Gasteiger partial charge in [-0.25, -0.2) is 0 Å². The van der Waals surface area contributed by atoms with Crippen LogP contribution in [0.5, 0.6) is 0 Å². The van der Waals surface area contributed by atoms with Crippen molar-refractivity contribution >= 4 is 21.4 Å². The molecule has 0 spiro atoms. The van der Waals surface area contributed by atoms with Crippen LogP contribution in [-0.4, -0.2) is 0 Å². The zero-order valence-electron chi connectivity index (χ0n) is 11.8. The van der Waals surface area contributed by atoms with Gasteiger partial charge in [0.1, 0.15) is 0 Å². The van der Waals surface area contributed by atoms with Gasteiger partial charge in [-0.05, 0) is 54.8 Å². The molecule has 2 aromatic rings. The van der Waals surface area contributed by atoms with Crippen LogP contribution in [0.1, 0.15) is 55.5 Å². The minimum atomic E-state index is 0.782. The number of unbranched alkanes of at least 4 members (excludes halogenated alkanes) is 2. The van der Waals surface area contributed by atoms with Crippen LogP contribution in [0.15, 0.2) is 18.2 Å². The second-order valence-corrected chi connectivity index (χ2v) is 6.17. The SMILES string of the molecule is CCCCc1sc2ccc(C#N)cc2c1CCCC. The maximum absolute atomic E-state index is 9.07. The number of thiophene rings is 1. The predicted molar refractivity (Wildman–Crippen MR) is 83.8 cm³/mol.